The number of hydrogen-bond donors (Lipinski definition) is 2. The normalized spacial score (nSPS) is 12.8. The molecule has 1 unspecified atom stereocenters. The van der Waals surface area contributed by atoms with E-state index in [1.807, 2.05) is 10.7 Å². The third-order valence-corrected chi connectivity index (χ3v) is 3.74. The first-order valence-corrected chi connectivity index (χ1v) is 7.76. The van der Waals surface area contributed by atoms with Crippen molar-refractivity contribution in [2.45, 2.75) is 32.9 Å². The lowest BCUT2D eigenvalue weighted by atomic mass is 10.0. The van der Waals surface area contributed by atoms with Gasteiger partial charge in [-0.05, 0) is 46.2 Å². The van der Waals surface area contributed by atoms with Gasteiger partial charge in [0.05, 0.1) is 6.04 Å². The fraction of sp³-hybridized carbons (Fsp3) is 0.429. The topological polar surface area (TPSA) is 68.8 Å². The van der Waals surface area contributed by atoms with Crippen molar-refractivity contribution in [2.75, 3.05) is 0 Å². The van der Waals surface area contributed by atoms with Crippen LogP contribution in [0.2, 0.25) is 0 Å². The predicted octanol–water partition coefficient (Wildman–Crippen LogP) is 2.29. The van der Waals surface area contributed by atoms with E-state index in [4.69, 9.17) is 5.84 Å². The summed E-state index contributed by atoms with van der Waals surface area (Å²) >= 11 is 2.31. The molecule has 1 aromatic heterocycles. The molecule has 0 aliphatic carbocycles. The molecule has 0 saturated carbocycles. The molecule has 6 heteroatoms. The second kappa shape index (κ2) is 7.14. The fourth-order valence-electron chi connectivity index (χ4n) is 2.12. The van der Waals surface area contributed by atoms with E-state index in [-0.39, 0.29) is 6.04 Å². The monoisotopic (exact) mass is 385 g/mol. The van der Waals surface area contributed by atoms with E-state index >= 15 is 0 Å². The number of halogens is 1. The third kappa shape index (κ3) is 4.00. The van der Waals surface area contributed by atoms with E-state index in [1.54, 1.807) is 6.33 Å². The van der Waals surface area contributed by atoms with Crippen LogP contribution < -0.4 is 11.3 Å². The van der Waals surface area contributed by atoms with Gasteiger partial charge in [0.1, 0.15) is 12.2 Å². The maximum absolute atomic E-state index is 5.71. The summed E-state index contributed by atoms with van der Waals surface area (Å²) in [5.74, 6) is 7.21. The summed E-state index contributed by atoms with van der Waals surface area (Å²) in [6, 6.07) is 8.36. The van der Waals surface area contributed by atoms with E-state index < -0.39 is 0 Å². The molecule has 3 N–H and O–H groups in total. The lowest BCUT2D eigenvalue weighted by molar-refractivity contribution is 0.446. The van der Waals surface area contributed by atoms with Gasteiger partial charge in [-0.2, -0.15) is 5.10 Å². The van der Waals surface area contributed by atoms with Gasteiger partial charge in [-0.3, -0.25) is 11.3 Å². The molecule has 2 rings (SSSR count). The van der Waals surface area contributed by atoms with Crippen LogP contribution in [0.3, 0.4) is 0 Å². The Morgan fingerprint density at radius 3 is 2.85 bits per heavy atom. The number of nitrogens with zero attached hydrogens (tertiary/aromatic N) is 3. The van der Waals surface area contributed by atoms with Crippen molar-refractivity contribution in [2.24, 2.45) is 11.8 Å². The molecule has 0 amide bonds. The van der Waals surface area contributed by atoms with Crippen LogP contribution >= 0.6 is 22.6 Å². The number of aromatic nitrogens is 3. The van der Waals surface area contributed by atoms with Gasteiger partial charge < -0.3 is 0 Å². The summed E-state index contributed by atoms with van der Waals surface area (Å²) in [4.78, 5) is 4.36. The highest BCUT2D eigenvalue weighted by molar-refractivity contribution is 14.1. The van der Waals surface area contributed by atoms with Crippen LogP contribution in [-0.2, 0) is 13.0 Å². The van der Waals surface area contributed by atoms with E-state index in [0.29, 0.717) is 5.92 Å². The van der Waals surface area contributed by atoms with Gasteiger partial charge in [-0.15, -0.1) is 0 Å². The highest BCUT2D eigenvalue weighted by Crippen LogP contribution is 2.19. The van der Waals surface area contributed by atoms with Gasteiger partial charge in [0.15, 0.2) is 0 Å². The molecule has 1 atom stereocenters. The van der Waals surface area contributed by atoms with Crippen LogP contribution in [0.4, 0.5) is 0 Å². The summed E-state index contributed by atoms with van der Waals surface area (Å²) in [6.07, 6.45) is 2.34. The van der Waals surface area contributed by atoms with Crippen LogP contribution in [0.15, 0.2) is 30.6 Å². The first kappa shape index (κ1) is 15.4. The second-order valence-corrected chi connectivity index (χ2v) is 6.48. The SMILES string of the molecule is CC(C)Cn1ncnc1CC(NN)c1cccc(I)c1. The number of rotatable bonds is 6. The maximum Gasteiger partial charge on any atom is 0.138 e. The zero-order chi connectivity index (χ0) is 14.5. The lowest BCUT2D eigenvalue weighted by Crippen LogP contribution is -2.30. The molecule has 0 aliphatic rings. The lowest BCUT2D eigenvalue weighted by Gasteiger charge is -2.17. The first-order chi connectivity index (χ1) is 9.60. The van der Waals surface area contributed by atoms with Crippen LogP contribution in [0.1, 0.15) is 31.3 Å². The Labute approximate surface area is 133 Å². The maximum atomic E-state index is 5.71. The number of hydrogen-bond acceptors (Lipinski definition) is 4. The zero-order valence-corrected chi connectivity index (χ0v) is 13.9. The largest absolute Gasteiger partial charge is 0.271 e. The van der Waals surface area contributed by atoms with E-state index in [9.17, 15) is 0 Å². The molecule has 0 saturated heterocycles. The Bertz CT molecular complexity index is 552. The van der Waals surface area contributed by atoms with Crippen molar-refractivity contribution in [3.05, 3.63) is 45.6 Å². The van der Waals surface area contributed by atoms with Crippen molar-refractivity contribution >= 4 is 22.6 Å². The average molecular weight is 385 g/mol. The highest BCUT2D eigenvalue weighted by Gasteiger charge is 2.15. The van der Waals surface area contributed by atoms with Crippen molar-refractivity contribution < 1.29 is 0 Å². The van der Waals surface area contributed by atoms with Crippen molar-refractivity contribution in [3.63, 3.8) is 0 Å². The Hall–Kier alpha value is -0.990. The van der Waals surface area contributed by atoms with E-state index in [0.717, 1.165) is 18.8 Å². The smallest absolute Gasteiger partial charge is 0.138 e. The molecular weight excluding hydrogens is 365 g/mol. The first-order valence-electron chi connectivity index (χ1n) is 6.68. The van der Waals surface area contributed by atoms with Crippen LogP contribution in [0.25, 0.3) is 0 Å². The van der Waals surface area contributed by atoms with Crippen molar-refractivity contribution in [1.29, 1.82) is 0 Å². The van der Waals surface area contributed by atoms with Gasteiger partial charge in [0, 0.05) is 16.5 Å². The molecular formula is C14H20IN5. The average Bonchev–Trinajstić information content (AvgIpc) is 2.82. The van der Waals surface area contributed by atoms with Crippen molar-refractivity contribution in [3.8, 4) is 0 Å². The summed E-state index contributed by atoms with van der Waals surface area (Å²) in [5.41, 5.74) is 4.05. The quantitative estimate of drug-likeness (QED) is 0.455. The van der Waals surface area contributed by atoms with Gasteiger partial charge in [0.2, 0.25) is 0 Å². The number of nitrogens with two attached hydrogens (primary N) is 1. The zero-order valence-electron chi connectivity index (χ0n) is 11.8. The Kier molecular flexibility index (Phi) is 5.50. The molecule has 2 aromatic rings. The molecule has 0 fully saturated rings. The second-order valence-electron chi connectivity index (χ2n) is 5.23. The molecule has 1 aromatic carbocycles. The number of nitrogens with one attached hydrogen (secondary N) is 1. The highest BCUT2D eigenvalue weighted by atomic mass is 127. The summed E-state index contributed by atoms with van der Waals surface area (Å²) in [5, 5.41) is 4.29. The van der Waals surface area contributed by atoms with Gasteiger partial charge in [0.25, 0.3) is 0 Å². The Morgan fingerprint density at radius 2 is 2.20 bits per heavy atom. The van der Waals surface area contributed by atoms with Crippen LogP contribution in [-0.4, -0.2) is 14.8 Å². The van der Waals surface area contributed by atoms with Crippen molar-refractivity contribution in [1.82, 2.24) is 20.2 Å². The number of hydrazine groups is 1. The summed E-state index contributed by atoms with van der Waals surface area (Å²) < 4.78 is 3.16. The van der Waals surface area contributed by atoms with Gasteiger partial charge in [-0.25, -0.2) is 9.67 Å². The predicted molar refractivity (Wildman–Crippen MR) is 87.8 cm³/mol. The molecule has 1 heterocycles. The minimum absolute atomic E-state index is 0.0415. The summed E-state index contributed by atoms with van der Waals surface area (Å²) in [7, 11) is 0. The van der Waals surface area contributed by atoms with E-state index in [2.05, 4.69) is 70.1 Å². The molecule has 0 bridgehead atoms. The van der Waals surface area contributed by atoms with Crippen LogP contribution in [0.5, 0.6) is 0 Å². The molecule has 108 valence electrons. The van der Waals surface area contributed by atoms with Crippen LogP contribution in [0, 0.1) is 9.49 Å². The molecule has 0 aliphatic heterocycles. The minimum Gasteiger partial charge on any atom is -0.271 e. The Balaban J connectivity index is 2.16. The molecule has 5 nitrogen and oxygen atoms in total. The van der Waals surface area contributed by atoms with E-state index in [1.165, 1.54) is 9.13 Å². The third-order valence-electron chi connectivity index (χ3n) is 3.07. The standard InChI is InChI=1S/C14H20IN5/c1-10(2)8-20-14(17-9-18-20)7-13(19-16)11-4-3-5-12(15)6-11/h3-6,9-10,13,19H,7-8,16H2,1-2H3. The van der Waals surface area contributed by atoms with Gasteiger partial charge >= 0.3 is 0 Å². The molecule has 0 radical (unpaired) electrons. The minimum atomic E-state index is 0.0415. The Morgan fingerprint density at radius 1 is 1.40 bits per heavy atom. The molecule has 0 spiro atoms. The number of benzene rings is 1. The molecule has 20 heavy (non-hydrogen) atoms. The fourth-order valence-corrected chi connectivity index (χ4v) is 2.69. The summed E-state index contributed by atoms with van der Waals surface area (Å²) in [6.45, 7) is 5.21. The van der Waals surface area contributed by atoms with Gasteiger partial charge in [-0.1, -0.05) is 26.0 Å².